The van der Waals surface area contributed by atoms with Crippen LogP contribution in [0.1, 0.15) is 5.56 Å². The molecule has 2 atom stereocenters. The van der Waals surface area contributed by atoms with Gasteiger partial charge in [0.2, 0.25) is 0 Å². The van der Waals surface area contributed by atoms with E-state index < -0.39 is 23.7 Å². The van der Waals surface area contributed by atoms with Crippen LogP contribution in [-0.2, 0) is 11.3 Å². The molecule has 2 rings (SSSR count). The summed E-state index contributed by atoms with van der Waals surface area (Å²) in [6.45, 7) is 0.702. The number of carboxylic acids is 1. The van der Waals surface area contributed by atoms with Gasteiger partial charge in [0.15, 0.2) is 11.6 Å². The minimum absolute atomic E-state index is 0. The summed E-state index contributed by atoms with van der Waals surface area (Å²) < 4.78 is 26.8. The Labute approximate surface area is 133 Å². The molecule has 1 saturated heterocycles. The normalized spacial score (nSPS) is 21.9. The van der Waals surface area contributed by atoms with Crippen LogP contribution in [0.15, 0.2) is 18.2 Å². The van der Waals surface area contributed by atoms with Crippen molar-refractivity contribution in [2.75, 3.05) is 26.7 Å². The third kappa shape index (κ3) is 4.36. The second-order valence-corrected chi connectivity index (χ2v) is 5.35. The van der Waals surface area contributed by atoms with Crippen molar-refractivity contribution in [2.45, 2.75) is 18.7 Å². The molecule has 1 aromatic carbocycles. The highest BCUT2D eigenvalue weighted by Gasteiger charge is 2.34. The van der Waals surface area contributed by atoms with Crippen molar-refractivity contribution in [3.8, 4) is 0 Å². The zero-order valence-electron chi connectivity index (χ0n) is 12.1. The fourth-order valence-corrected chi connectivity index (χ4v) is 2.65. The zero-order valence-corrected chi connectivity index (χ0v) is 12.9. The highest BCUT2D eigenvalue weighted by atomic mass is 35.5. The lowest BCUT2D eigenvalue weighted by Crippen LogP contribution is -2.43. The molecule has 1 aliphatic heterocycles. The van der Waals surface area contributed by atoms with Gasteiger partial charge in [0.1, 0.15) is 0 Å². The second-order valence-electron chi connectivity index (χ2n) is 5.35. The molecule has 0 bridgehead atoms. The largest absolute Gasteiger partial charge is 0.480 e. The summed E-state index contributed by atoms with van der Waals surface area (Å²) in [6.07, 6.45) is -0.717. The molecule has 124 valence electrons. The van der Waals surface area contributed by atoms with Crippen molar-refractivity contribution in [2.24, 2.45) is 0 Å². The molecular weight excluding hydrogens is 318 g/mol. The van der Waals surface area contributed by atoms with Crippen molar-refractivity contribution in [1.82, 2.24) is 9.80 Å². The molecule has 2 N–H and O–H groups in total. The van der Waals surface area contributed by atoms with Gasteiger partial charge in [-0.05, 0) is 13.1 Å². The number of β-amino-alcohol motifs (C(OH)–C–C–N with tert-alkyl or cyclic N) is 1. The molecule has 0 aliphatic carbocycles. The first kappa shape index (κ1) is 18.8. The molecule has 0 radical (unpaired) electrons. The lowest BCUT2D eigenvalue weighted by Gasteiger charge is -2.24. The Bertz CT molecular complexity index is 533. The molecule has 5 nitrogen and oxygen atoms in total. The van der Waals surface area contributed by atoms with Crippen molar-refractivity contribution in [3.05, 3.63) is 35.4 Å². The number of nitrogens with zero attached hydrogens (tertiary/aromatic N) is 2. The predicted molar refractivity (Wildman–Crippen MR) is 78.9 cm³/mol. The molecule has 0 aromatic heterocycles. The van der Waals surface area contributed by atoms with Gasteiger partial charge in [-0.1, -0.05) is 12.1 Å². The average Bonchev–Trinajstić information content (AvgIpc) is 2.75. The first-order valence-corrected chi connectivity index (χ1v) is 6.64. The highest BCUT2D eigenvalue weighted by molar-refractivity contribution is 5.85. The fourth-order valence-electron chi connectivity index (χ4n) is 2.65. The monoisotopic (exact) mass is 336 g/mol. The first-order chi connectivity index (χ1) is 9.88. The van der Waals surface area contributed by atoms with Crippen molar-refractivity contribution in [1.29, 1.82) is 0 Å². The van der Waals surface area contributed by atoms with E-state index in [4.69, 9.17) is 5.11 Å². The number of aliphatic hydroxyl groups excluding tert-OH is 1. The van der Waals surface area contributed by atoms with E-state index >= 15 is 0 Å². The first-order valence-electron chi connectivity index (χ1n) is 6.64. The lowest BCUT2D eigenvalue weighted by molar-refractivity contribution is -0.138. The van der Waals surface area contributed by atoms with Crippen LogP contribution in [0.25, 0.3) is 0 Å². The number of aliphatic carboxylic acids is 1. The molecular formula is C14H19ClF2N2O3. The molecule has 1 unspecified atom stereocenters. The number of hydrogen-bond donors (Lipinski definition) is 2. The van der Waals surface area contributed by atoms with Crippen molar-refractivity contribution < 1.29 is 23.8 Å². The van der Waals surface area contributed by atoms with Crippen LogP contribution >= 0.6 is 12.4 Å². The summed E-state index contributed by atoms with van der Waals surface area (Å²) in [5, 5.41) is 18.8. The number of hydrogen-bond acceptors (Lipinski definition) is 4. The number of carbonyl (C=O) groups is 1. The van der Waals surface area contributed by atoms with E-state index in [1.165, 1.54) is 12.1 Å². The Morgan fingerprint density at radius 1 is 1.41 bits per heavy atom. The second kappa shape index (κ2) is 7.82. The number of aliphatic hydroxyl groups is 1. The molecule has 0 amide bonds. The van der Waals surface area contributed by atoms with Gasteiger partial charge in [-0.2, -0.15) is 0 Å². The average molecular weight is 337 g/mol. The van der Waals surface area contributed by atoms with Gasteiger partial charge in [-0.25, -0.2) is 8.78 Å². The van der Waals surface area contributed by atoms with E-state index in [0.29, 0.717) is 13.1 Å². The van der Waals surface area contributed by atoms with Crippen LogP contribution < -0.4 is 0 Å². The molecule has 22 heavy (non-hydrogen) atoms. The van der Waals surface area contributed by atoms with E-state index in [0.717, 1.165) is 6.07 Å². The Kier molecular flexibility index (Phi) is 6.67. The van der Waals surface area contributed by atoms with Gasteiger partial charge in [0.05, 0.1) is 12.6 Å². The maximum absolute atomic E-state index is 13.6. The van der Waals surface area contributed by atoms with Crippen molar-refractivity contribution >= 4 is 18.4 Å². The maximum Gasteiger partial charge on any atom is 0.317 e. The van der Waals surface area contributed by atoms with Gasteiger partial charge >= 0.3 is 5.97 Å². The van der Waals surface area contributed by atoms with E-state index in [1.54, 1.807) is 16.8 Å². The summed E-state index contributed by atoms with van der Waals surface area (Å²) in [7, 11) is 1.62. The van der Waals surface area contributed by atoms with Crippen LogP contribution in [0, 0.1) is 11.6 Å². The smallest absolute Gasteiger partial charge is 0.317 e. The summed E-state index contributed by atoms with van der Waals surface area (Å²) >= 11 is 0. The third-order valence-electron chi connectivity index (χ3n) is 3.71. The van der Waals surface area contributed by atoms with Crippen LogP contribution in [0.2, 0.25) is 0 Å². The number of benzene rings is 1. The molecule has 8 heteroatoms. The predicted octanol–water partition coefficient (Wildman–Crippen LogP) is 0.948. The summed E-state index contributed by atoms with van der Waals surface area (Å²) in [4.78, 5) is 14.0. The van der Waals surface area contributed by atoms with Gasteiger partial charge in [-0.3, -0.25) is 14.6 Å². The van der Waals surface area contributed by atoms with Gasteiger partial charge in [-0.15, -0.1) is 12.4 Å². The Balaban J connectivity index is 0.00000242. The minimum atomic E-state index is -0.973. The molecule has 1 aromatic rings. The fraction of sp³-hybridized carbons (Fsp3) is 0.500. The Hall–Kier alpha value is -1.28. The molecule has 1 heterocycles. The minimum Gasteiger partial charge on any atom is -0.480 e. The third-order valence-corrected chi connectivity index (χ3v) is 3.71. The van der Waals surface area contributed by atoms with E-state index in [1.807, 2.05) is 0 Å². The molecule has 1 fully saturated rings. The molecule has 1 aliphatic rings. The number of likely N-dealkylation sites (N-methyl/N-ethyl adjacent to an activating group) is 1. The quantitative estimate of drug-likeness (QED) is 0.838. The topological polar surface area (TPSA) is 64.0 Å². The van der Waals surface area contributed by atoms with Crippen LogP contribution in [0.3, 0.4) is 0 Å². The van der Waals surface area contributed by atoms with E-state index in [9.17, 15) is 18.7 Å². The Morgan fingerprint density at radius 3 is 2.73 bits per heavy atom. The number of rotatable bonds is 5. The SMILES string of the molecule is CN(CC(=O)O)C1CN(Cc2cccc(F)c2F)C[C@H]1O.Cl. The maximum atomic E-state index is 13.6. The van der Waals surface area contributed by atoms with Crippen LogP contribution in [-0.4, -0.2) is 64.8 Å². The van der Waals surface area contributed by atoms with Gasteiger partial charge in [0.25, 0.3) is 0 Å². The van der Waals surface area contributed by atoms with Crippen molar-refractivity contribution in [3.63, 3.8) is 0 Å². The Morgan fingerprint density at radius 2 is 2.09 bits per heavy atom. The van der Waals surface area contributed by atoms with Gasteiger partial charge in [0, 0.05) is 31.2 Å². The van der Waals surface area contributed by atoms with E-state index in [-0.39, 0.29) is 37.1 Å². The number of carboxylic acid groups (broad SMARTS) is 1. The standard InChI is InChI=1S/C14H18F2N2O3.ClH/c1-17(8-13(20)21)11-6-18(7-12(11)19)5-9-3-2-4-10(15)14(9)16;/h2-4,11-12,19H,5-8H2,1H3,(H,20,21);1H/t11?,12-;/m1./s1. The van der Waals surface area contributed by atoms with E-state index in [2.05, 4.69) is 0 Å². The van der Waals surface area contributed by atoms with Gasteiger partial charge < -0.3 is 10.2 Å². The molecule has 0 saturated carbocycles. The summed E-state index contributed by atoms with van der Waals surface area (Å²) in [5.41, 5.74) is 0.226. The summed E-state index contributed by atoms with van der Waals surface area (Å²) in [6, 6.07) is 3.66. The number of halogens is 3. The molecule has 0 spiro atoms. The zero-order chi connectivity index (χ0) is 15.6. The lowest BCUT2D eigenvalue weighted by atomic mass is 10.2. The summed E-state index contributed by atoms with van der Waals surface area (Å²) in [5.74, 6) is -2.75. The van der Waals surface area contributed by atoms with Crippen LogP contribution in [0.4, 0.5) is 8.78 Å². The highest BCUT2D eigenvalue weighted by Crippen LogP contribution is 2.20. The number of likely N-dealkylation sites (tertiary alicyclic amines) is 1. The van der Waals surface area contributed by atoms with Crippen LogP contribution in [0.5, 0.6) is 0 Å².